The first-order valence-electron chi connectivity index (χ1n) is 3.68. The predicted octanol–water partition coefficient (Wildman–Crippen LogP) is 1.44. The Balaban J connectivity index is 3.00. The largest absolute Gasteiger partial charge is 0.361 e. The van der Waals surface area contributed by atoms with Gasteiger partial charge < -0.3 is 9.84 Å². The van der Waals surface area contributed by atoms with Gasteiger partial charge >= 0.3 is 0 Å². The molecule has 0 aliphatic carbocycles. The summed E-state index contributed by atoms with van der Waals surface area (Å²) in [4.78, 5) is 0. The second kappa shape index (κ2) is 2.66. The molecule has 0 aliphatic rings. The fourth-order valence-corrected chi connectivity index (χ4v) is 1.03. The highest BCUT2D eigenvalue weighted by molar-refractivity contribution is 5.20. The van der Waals surface area contributed by atoms with E-state index in [9.17, 15) is 0 Å². The van der Waals surface area contributed by atoms with E-state index >= 15 is 0 Å². The summed E-state index contributed by atoms with van der Waals surface area (Å²) in [7, 11) is 1.92. The second-order valence-corrected chi connectivity index (χ2v) is 3.17. The lowest BCUT2D eigenvalue weighted by Crippen LogP contribution is -2.33. The highest BCUT2D eigenvalue weighted by atomic mass is 16.5. The zero-order chi connectivity index (χ0) is 8.48. The molecule has 0 spiro atoms. The average Bonchev–Trinajstić information content (AvgIpc) is 2.36. The van der Waals surface area contributed by atoms with Crippen LogP contribution in [0.3, 0.4) is 0 Å². The van der Waals surface area contributed by atoms with Crippen molar-refractivity contribution in [3.63, 3.8) is 0 Å². The van der Waals surface area contributed by atoms with Crippen LogP contribution in [0, 0.1) is 6.92 Å². The van der Waals surface area contributed by atoms with Gasteiger partial charge in [-0.2, -0.15) is 0 Å². The van der Waals surface area contributed by atoms with Gasteiger partial charge in [0.05, 0.1) is 6.20 Å². The monoisotopic (exact) mass is 154 g/mol. The maximum absolute atomic E-state index is 4.96. The van der Waals surface area contributed by atoms with Gasteiger partial charge in [0.1, 0.15) is 5.76 Å². The minimum Gasteiger partial charge on any atom is -0.361 e. The van der Waals surface area contributed by atoms with Crippen LogP contribution < -0.4 is 5.32 Å². The van der Waals surface area contributed by atoms with Gasteiger partial charge in [0, 0.05) is 11.1 Å². The van der Waals surface area contributed by atoms with E-state index in [2.05, 4.69) is 24.3 Å². The van der Waals surface area contributed by atoms with Crippen LogP contribution in [0.2, 0.25) is 0 Å². The summed E-state index contributed by atoms with van der Waals surface area (Å²) >= 11 is 0. The van der Waals surface area contributed by atoms with Crippen molar-refractivity contribution in [1.82, 2.24) is 10.5 Å². The van der Waals surface area contributed by atoms with Crippen molar-refractivity contribution in [2.45, 2.75) is 26.3 Å². The average molecular weight is 154 g/mol. The van der Waals surface area contributed by atoms with Crippen LogP contribution >= 0.6 is 0 Å². The maximum Gasteiger partial charge on any atom is 0.138 e. The molecule has 0 saturated heterocycles. The molecule has 1 N–H and O–H groups in total. The first-order chi connectivity index (χ1) is 5.08. The number of aryl methyl sites for hydroxylation is 1. The van der Waals surface area contributed by atoms with Crippen LogP contribution in [-0.2, 0) is 5.54 Å². The highest BCUT2D eigenvalue weighted by Crippen LogP contribution is 2.21. The summed E-state index contributed by atoms with van der Waals surface area (Å²) < 4.78 is 4.96. The molecule has 0 radical (unpaired) electrons. The van der Waals surface area contributed by atoms with E-state index < -0.39 is 0 Å². The lowest BCUT2D eigenvalue weighted by atomic mass is 9.96. The standard InChI is InChI=1S/C8H14N2O/c1-6-7(5-10-11-6)8(2,3)9-4/h5,9H,1-4H3. The van der Waals surface area contributed by atoms with Crippen LogP contribution in [0.4, 0.5) is 0 Å². The number of hydrogen-bond acceptors (Lipinski definition) is 3. The van der Waals surface area contributed by atoms with Gasteiger partial charge in [0.25, 0.3) is 0 Å². The Morgan fingerprint density at radius 3 is 2.55 bits per heavy atom. The van der Waals surface area contributed by atoms with Crippen LogP contribution in [-0.4, -0.2) is 12.2 Å². The molecule has 62 valence electrons. The zero-order valence-electron chi connectivity index (χ0n) is 7.43. The molecule has 0 bridgehead atoms. The van der Waals surface area contributed by atoms with E-state index in [1.807, 2.05) is 14.0 Å². The lowest BCUT2D eigenvalue weighted by molar-refractivity contribution is 0.384. The Hall–Kier alpha value is -0.830. The van der Waals surface area contributed by atoms with Crippen molar-refractivity contribution in [3.8, 4) is 0 Å². The predicted molar refractivity (Wildman–Crippen MR) is 43.3 cm³/mol. The molecular formula is C8H14N2O. The summed E-state index contributed by atoms with van der Waals surface area (Å²) in [5, 5.41) is 6.91. The summed E-state index contributed by atoms with van der Waals surface area (Å²) in [5.41, 5.74) is 1.06. The number of hydrogen-bond donors (Lipinski definition) is 1. The van der Waals surface area contributed by atoms with Gasteiger partial charge in [-0.25, -0.2) is 0 Å². The van der Waals surface area contributed by atoms with Gasteiger partial charge in [0.15, 0.2) is 0 Å². The molecule has 1 rings (SSSR count). The Bertz CT molecular complexity index is 240. The van der Waals surface area contributed by atoms with Crippen LogP contribution in [0.15, 0.2) is 10.7 Å². The van der Waals surface area contributed by atoms with Crippen LogP contribution in [0.5, 0.6) is 0 Å². The maximum atomic E-state index is 4.96. The van der Waals surface area contributed by atoms with E-state index in [0.29, 0.717) is 0 Å². The molecule has 0 unspecified atom stereocenters. The minimum absolute atomic E-state index is 0.0515. The van der Waals surface area contributed by atoms with Crippen molar-refractivity contribution >= 4 is 0 Å². The SMILES string of the molecule is CNC(C)(C)c1cnoc1C. The molecule has 0 atom stereocenters. The molecule has 3 heteroatoms. The topological polar surface area (TPSA) is 38.1 Å². The molecule has 1 aromatic heterocycles. The smallest absolute Gasteiger partial charge is 0.138 e. The summed E-state index contributed by atoms with van der Waals surface area (Å²) in [6, 6.07) is 0. The fraction of sp³-hybridized carbons (Fsp3) is 0.625. The van der Waals surface area contributed by atoms with Gasteiger partial charge in [-0.15, -0.1) is 0 Å². The summed E-state index contributed by atoms with van der Waals surface area (Å²) in [6.07, 6.45) is 1.76. The van der Waals surface area contributed by atoms with E-state index in [4.69, 9.17) is 4.52 Å². The highest BCUT2D eigenvalue weighted by Gasteiger charge is 2.22. The molecule has 0 aliphatic heterocycles. The third-order valence-corrected chi connectivity index (χ3v) is 2.05. The Morgan fingerprint density at radius 2 is 2.18 bits per heavy atom. The molecule has 1 heterocycles. The summed E-state index contributed by atoms with van der Waals surface area (Å²) in [6.45, 7) is 6.10. The fourth-order valence-electron chi connectivity index (χ4n) is 1.03. The van der Waals surface area contributed by atoms with E-state index in [1.54, 1.807) is 6.20 Å². The summed E-state index contributed by atoms with van der Waals surface area (Å²) in [5.74, 6) is 0.879. The Kier molecular flexibility index (Phi) is 2.00. The lowest BCUT2D eigenvalue weighted by Gasteiger charge is -2.22. The van der Waals surface area contributed by atoms with E-state index in [0.717, 1.165) is 11.3 Å². The van der Waals surface area contributed by atoms with Crippen LogP contribution in [0.25, 0.3) is 0 Å². The molecule has 0 amide bonds. The zero-order valence-corrected chi connectivity index (χ0v) is 7.43. The molecule has 0 fully saturated rings. The first kappa shape index (κ1) is 8.27. The van der Waals surface area contributed by atoms with Crippen LogP contribution in [0.1, 0.15) is 25.2 Å². The van der Waals surface area contributed by atoms with Gasteiger partial charge in [0.2, 0.25) is 0 Å². The first-order valence-corrected chi connectivity index (χ1v) is 3.68. The van der Waals surface area contributed by atoms with Crippen molar-refractivity contribution < 1.29 is 4.52 Å². The Labute approximate surface area is 66.8 Å². The molecule has 1 aromatic rings. The number of rotatable bonds is 2. The Morgan fingerprint density at radius 1 is 1.55 bits per heavy atom. The molecule has 3 nitrogen and oxygen atoms in total. The normalized spacial score (nSPS) is 12.0. The molecule has 0 saturated carbocycles. The number of nitrogens with zero attached hydrogens (tertiary/aromatic N) is 1. The second-order valence-electron chi connectivity index (χ2n) is 3.17. The van der Waals surface area contributed by atoms with Gasteiger partial charge in [-0.05, 0) is 27.8 Å². The third-order valence-electron chi connectivity index (χ3n) is 2.05. The molecule has 11 heavy (non-hydrogen) atoms. The molecule has 0 aromatic carbocycles. The van der Waals surface area contributed by atoms with E-state index in [1.165, 1.54) is 0 Å². The molecular weight excluding hydrogens is 140 g/mol. The third kappa shape index (κ3) is 1.43. The van der Waals surface area contributed by atoms with Crippen molar-refractivity contribution in [3.05, 3.63) is 17.5 Å². The minimum atomic E-state index is -0.0515. The van der Waals surface area contributed by atoms with Gasteiger partial charge in [-0.3, -0.25) is 0 Å². The van der Waals surface area contributed by atoms with Crippen molar-refractivity contribution in [2.75, 3.05) is 7.05 Å². The van der Waals surface area contributed by atoms with E-state index in [-0.39, 0.29) is 5.54 Å². The van der Waals surface area contributed by atoms with Crippen molar-refractivity contribution in [2.24, 2.45) is 0 Å². The van der Waals surface area contributed by atoms with Crippen molar-refractivity contribution in [1.29, 1.82) is 0 Å². The van der Waals surface area contributed by atoms with Gasteiger partial charge in [-0.1, -0.05) is 5.16 Å². The number of nitrogens with one attached hydrogen (secondary N) is 1. The quantitative estimate of drug-likeness (QED) is 0.700. The number of aromatic nitrogens is 1.